The summed E-state index contributed by atoms with van der Waals surface area (Å²) in [6, 6.07) is 14.9. The fraction of sp³-hybridized carbons (Fsp3) is 0.409. The molecule has 3 rings (SSSR count). The fourth-order valence-electron chi connectivity index (χ4n) is 3.42. The van der Waals surface area contributed by atoms with Crippen LogP contribution >= 0.6 is 23.2 Å². The number of benzene rings is 2. The van der Waals surface area contributed by atoms with Crippen molar-refractivity contribution in [3.8, 4) is 0 Å². The second kappa shape index (κ2) is 9.59. The Morgan fingerprint density at radius 2 is 1.74 bits per heavy atom. The molecule has 2 aromatic rings. The zero-order valence-corrected chi connectivity index (χ0v) is 17.2. The molecule has 1 amide bonds. The maximum atomic E-state index is 13.2. The van der Waals surface area contributed by atoms with Crippen LogP contribution in [0.1, 0.15) is 35.7 Å². The summed E-state index contributed by atoms with van der Waals surface area (Å²) in [4.78, 5) is 17.5. The summed E-state index contributed by atoms with van der Waals surface area (Å²) in [7, 11) is 0. The molecule has 0 N–H and O–H groups in total. The number of carbonyl (C=O) groups is 1. The first-order valence-electron chi connectivity index (χ1n) is 9.53. The van der Waals surface area contributed by atoms with Crippen molar-refractivity contribution >= 4 is 29.1 Å². The van der Waals surface area contributed by atoms with Crippen molar-refractivity contribution in [1.29, 1.82) is 0 Å². The van der Waals surface area contributed by atoms with Crippen molar-refractivity contribution in [3.05, 3.63) is 69.7 Å². The van der Waals surface area contributed by atoms with Gasteiger partial charge in [0.05, 0.1) is 10.6 Å². The standard InChI is InChI=1S/C22H26Cl2N2O/c1-17-10-12-25(13-11-17)14-15-26(16-18-6-8-19(23)9-7-18)22(27)20-4-2-3-5-21(20)24/h2-9,17H,10-16H2,1H3. The van der Waals surface area contributed by atoms with Gasteiger partial charge in [0.1, 0.15) is 0 Å². The SMILES string of the molecule is CC1CCN(CCN(Cc2ccc(Cl)cc2)C(=O)c2ccccc2Cl)CC1. The van der Waals surface area contributed by atoms with Crippen LogP contribution in [0.4, 0.5) is 0 Å². The van der Waals surface area contributed by atoms with E-state index in [9.17, 15) is 4.79 Å². The van der Waals surface area contributed by atoms with E-state index >= 15 is 0 Å². The molecule has 1 aliphatic heterocycles. The Morgan fingerprint density at radius 3 is 2.41 bits per heavy atom. The highest BCUT2D eigenvalue weighted by atomic mass is 35.5. The Morgan fingerprint density at radius 1 is 1.07 bits per heavy atom. The Kier molecular flexibility index (Phi) is 7.17. The lowest BCUT2D eigenvalue weighted by Crippen LogP contribution is -2.41. The molecule has 27 heavy (non-hydrogen) atoms. The molecule has 1 heterocycles. The van der Waals surface area contributed by atoms with Crippen LogP contribution in [0.25, 0.3) is 0 Å². The highest BCUT2D eigenvalue weighted by Crippen LogP contribution is 2.20. The van der Waals surface area contributed by atoms with Gasteiger partial charge in [0.15, 0.2) is 0 Å². The van der Waals surface area contributed by atoms with E-state index in [-0.39, 0.29) is 5.91 Å². The molecule has 0 unspecified atom stereocenters. The van der Waals surface area contributed by atoms with Crippen LogP contribution in [0.2, 0.25) is 10.0 Å². The molecule has 0 spiro atoms. The van der Waals surface area contributed by atoms with Gasteiger partial charge in [-0.05, 0) is 61.7 Å². The molecule has 5 heteroatoms. The van der Waals surface area contributed by atoms with E-state index in [0.29, 0.717) is 28.7 Å². The molecule has 3 nitrogen and oxygen atoms in total. The van der Waals surface area contributed by atoms with Crippen molar-refractivity contribution in [1.82, 2.24) is 9.80 Å². The summed E-state index contributed by atoms with van der Waals surface area (Å²) in [6.07, 6.45) is 2.46. The Labute approximate surface area is 171 Å². The van der Waals surface area contributed by atoms with E-state index < -0.39 is 0 Å². The lowest BCUT2D eigenvalue weighted by Gasteiger charge is -2.32. The number of piperidine rings is 1. The average molecular weight is 405 g/mol. The van der Waals surface area contributed by atoms with Gasteiger partial charge in [-0.1, -0.05) is 54.4 Å². The monoisotopic (exact) mass is 404 g/mol. The Balaban J connectivity index is 1.72. The van der Waals surface area contributed by atoms with Crippen LogP contribution < -0.4 is 0 Å². The summed E-state index contributed by atoms with van der Waals surface area (Å²) < 4.78 is 0. The van der Waals surface area contributed by atoms with Gasteiger partial charge in [0, 0.05) is 24.7 Å². The summed E-state index contributed by atoms with van der Waals surface area (Å²) in [5.74, 6) is 0.775. The molecule has 1 fully saturated rings. The Bertz CT molecular complexity index is 755. The van der Waals surface area contributed by atoms with E-state index in [1.165, 1.54) is 12.8 Å². The van der Waals surface area contributed by atoms with Crippen LogP contribution in [-0.2, 0) is 6.54 Å². The van der Waals surface area contributed by atoms with Gasteiger partial charge in [0.2, 0.25) is 0 Å². The maximum absolute atomic E-state index is 13.2. The van der Waals surface area contributed by atoms with Crippen LogP contribution in [0.3, 0.4) is 0 Å². The first kappa shape index (κ1) is 20.2. The molecule has 0 radical (unpaired) electrons. The van der Waals surface area contributed by atoms with Crippen LogP contribution in [0.15, 0.2) is 48.5 Å². The first-order chi connectivity index (χ1) is 13.0. The third kappa shape index (κ3) is 5.71. The molecule has 0 atom stereocenters. The normalized spacial score (nSPS) is 15.7. The van der Waals surface area contributed by atoms with Gasteiger partial charge < -0.3 is 9.80 Å². The van der Waals surface area contributed by atoms with Crippen molar-refractivity contribution in [2.45, 2.75) is 26.3 Å². The van der Waals surface area contributed by atoms with Crippen molar-refractivity contribution < 1.29 is 4.79 Å². The van der Waals surface area contributed by atoms with Gasteiger partial charge in [-0.15, -0.1) is 0 Å². The summed E-state index contributed by atoms with van der Waals surface area (Å²) >= 11 is 12.3. The summed E-state index contributed by atoms with van der Waals surface area (Å²) in [5, 5.41) is 1.19. The number of hydrogen-bond acceptors (Lipinski definition) is 2. The highest BCUT2D eigenvalue weighted by Gasteiger charge is 2.21. The third-order valence-electron chi connectivity index (χ3n) is 5.24. The number of nitrogens with zero attached hydrogens (tertiary/aromatic N) is 2. The number of likely N-dealkylation sites (tertiary alicyclic amines) is 1. The molecule has 1 saturated heterocycles. The molecule has 0 aliphatic carbocycles. The topological polar surface area (TPSA) is 23.6 Å². The lowest BCUT2D eigenvalue weighted by atomic mass is 9.99. The second-order valence-electron chi connectivity index (χ2n) is 7.36. The Hall–Kier alpha value is -1.55. The second-order valence-corrected chi connectivity index (χ2v) is 8.20. The van der Waals surface area contributed by atoms with Crippen molar-refractivity contribution in [2.75, 3.05) is 26.2 Å². The van der Waals surface area contributed by atoms with Gasteiger partial charge in [-0.3, -0.25) is 4.79 Å². The number of rotatable bonds is 6. The highest BCUT2D eigenvalue weighted by molar-refractivity contribution is 6.33. The molecular weight excluding hydrogens is 379 g/mol. The quantitative estimate of drug-likeness (QED) is 0.645. The average Bonchev–Trinajstić information content (AvgIpc) is 2.68. The predicted molar refractivity (Wildman–Crippen MR) is 112 cm³/mol. The van der Waals surface area contributed by atoms with E-state index in [4.69, 9.17) is 23.2 Å². The van der Waals surface area contributed by atoms with Gasteiger partial charge in [0.25, 0.3) is 5.91 Å². The molecule has 0 bridgehead atoms. The van der Waals surface area contributed by atoms with E-state index in [1.54, 1.807) is 12.1 Å². The molecular formula is C22H26Cl2N2O. The predicted octanol–water partition coefficient (Wildman–Crippen LogP) is 5.37. The summed E-state index contributed by atoms with van der Waals surface area (Å²) in [5.41, 5.74) is 1.62. The maximum Gasteiger partial charge on any atom is 0.255 e. The van der Waals surface area contributed by atoms with Gasteiger partial charge in [-0.25, -0.2) is 0 Å². The van der Waals surface area contributed by atoms with Crippen LogP contribution in [0.5, 0.6) is 0 Å². The number of amides is 1. The lowest BCUT2D eigenvalue weighted by molar-refractivity contribution is 0.0709. The summed E-state index contributed by atoms with van der Waals surface area (Å²) in [6.45, 7) is 6.64. The molecule has 144 valence electrons. The fourth-order valence-corrected chi connectivity index (χ4v) is 3.76. The van der Waals surface area contributed by atoms with Crippen LogP contribution in [-0.4, -0.2) is 41.9 Å². The van der Waals surface area contributed by atoms with Gasteiger partial charge in [-0.2, -0.15) is 0 Å². The smallest absolute Gasteiger partial charge is 0.255 e. The van der Waals surface area contributed by atoms with Gasteiger partial charge >= 0.3 is 0 Å². The van der Waals surface area contributed by atoms with E-state index in [0.717, 1.165) is 31.1 Å². The van der Waals surface area contributed by atoms with Crippen LogP contribution in [0, 0.1) is 5.92 Å². The number of carbonyl (C=O) groups excluding carboxylic acids is 1. The molecule has 1 aliphatic rings. The van der Waals surface area contributed by atoms with Crippen molar-refractivity contribution in [3.63, 3.8) is 0 Å². The van der Waals surface area contributed by atoms with E-state index in [1.807, 2.05) is 41.3 Å². The number of halogens is 2. The minimum atomic E-state index is -0.0269. The largest absolute Gasteiger partial charge is 0.333 e. The third-order valence-corrected chi connectivity index (χ3v) is 5.82. The molecule has 0 aromatic heterocycles. The van der Waals surface area contributed by atoms with Crippen molar-refractivity contribution in [2.24, 2.45) is 5.92 Å². The minimum absolute atomic E-state index is 0.0269. The minimum Gasteiger partial charge on any atom is -0.333 e. The molecule has 2 aromatic carbocycles. The zero-order valence-electron chi connectivity index (χ0n) is 15.7. The first-order valence-corrected chi connectivity index (χ1v) is 10.3. The number of hydrogen-bond donors (Lipinski definition) is 0. The van der Waals surface area contributed by atoms with E-state index in [2.05, 4.69) is 11.8 Å². The zero-order chi connectivity index (χ0) is 19.2. The molecule has 0 saturated carbocycles.